The standard InChI is InChI=1S/C19H20Cl3NO3/c20-13-2-1-3-14(21)16(13)23-15(24)9-26-17(25)18-5-11-4-12(6-18)8-19(22,7-11)10-18/h1-3,11-12H,4-10H2,(H,23,24)/t11-,12+,18?,19?. The number of anilines is 1. The molecule has 7 heteroatoms. The Morgan fingerprint density at radius 3 is 2.31 bits per heavy atom. The van der Waals surface area contributed by atoms with Gasteiger partial charge in [-0.1, -0.05) is 29.3 Å². The van der Waals surface area contributed by atoms with Crippen LogP contribution in [0.5, 0.6) is 0 Å². The molecule has 4 bridgehead atoms. The highest BCUT2D eigenvalue weighted by Crippen LogP contribution is 2.64. The highest BCUT2D eigenvalue weighted by atomic mass is 35.5. The number of halogens is 3. The molecular formula is C19H20Cl3NO3. The van der Waals surface area contributed by atoms with Crippen molar-refractivity contribution in [3.63, 3.8) is 0 Å². The third kappa shape index (κ3) is 3.32. The van der Waals surface area contributed by atoms with Crippen LogP contribution in [0.2, 0.25) is 10.0 Å². The number of ether oxygens (including phenoxy) is 1. The van der Waals surface area contributed by atoms with E-state index in [0.717, 1.165) is 32.1 Å². The molecule has 4 nitrogen and oxygen atoms in total. The lowest BCUT2D eigenvalue weighted by molar-refractivity contribution is -0.171. The van der Waals surface area contributed by atoms with Gasteiger partial charge in [-0.15, -0.1) is 11.6 Å². The van der Waals surface area contributed by atoms with Crippen molar-refractivity contribution in [1.29, 1.82) is 0 Å². The number of carbonyl (C=O) groups is 2. The first kappa shape index (κ1) is 18.4. The summed E-state index contributed by atoms with van der Waals surface area (Å²) in [5.74, 6) is 0.241. The largest absolute Gasteiger partial charge is 0.455 e. The molecule has 0 saturated heterocycles. The number of hydrogen-bond donors (Lipinski definition) is 1. The highest BCUT2D eigenvalue weighted by Gasteiger charge is 2.60. The summed E-state index contributed by atoms with van der Waals surface area (Å²) in [4.78, 5) is 24.7. The van der Waals surface area contributed by atoms with Gasteiger partial charge in [-0.3, -0.25) is 9.59 Å². The molecule has 0 heterocycles. The Labute approximate surface area is 167 Å². The monoisotopic (exact) mass is 415 g/mol. The Bertz CT molecular complexity index is 732. The van der Waals surface area contributed by atoms with Crippen molar-refractivity contribution < 1.29 is 14.3 Å². The van der Waals surface area contributed by atoms with E-state index in [4.69, 9.17) is 39.5 Å². The molecule has 1 N–H and O–H groups in total. The van der Waals surface area contributed by atoms with Crippen LogP contribution in [0, 0.1) is 17.3 Å². The fraction of sp³-hybridized carbons (Fsp3) is 0.579. The van der Waals surface area contributed by atoms with Crippen molar-refractivity contribution in [1.82, 2.24) is 0 Å². The molecular weight excluding hydrogens is 397 g/mol. The van der Waals surface area contributed by atoms with Crippen LogP contribution >= 0.6 is 34.8 Å². The first-order chi connectivity index (χ1) is 12.3. The van der Waals surface area contributed by atoms with Gasteiger partial charge >= 0.3 is 5.97 Å². The number of nitrogens with one attached hydrogen (secondary N) is 1. The second kappa shape index (κ2) is 6.57. The minimum Gasteiger partial charge on any atom is -0.455 e. The molecule has 1 aromatic rings. The maximum absolute atomic E-state index is 12.8. The van der Waals surface area contributed by atoms with Gasteiger partial charge in [0.25, 0.3) is 5.91 Å². The zero-order valence-corrected chi connectivity index (χ0v) is 16.5. The number of hydrogen-bond acceptors (Lipinski definition) is 3. The summed E-state index contributed by atoms with van der Waals surface area (Å²) in [6, 6.07) is 4.95. The van der Waals surface area contributed by atoms with Crippen LogP contribution in [-0.2, 0) is 14.3 Å². The summed E-state index contributed by atoms with van der Waals surface area (Å²) >= 11 is 18.8. The van der Waals surface area contributed by atoms with E-state index in [2.05, 4.69) is 5.32 Å². The fourth-order valence-corrected chi connectivity index (χ4v) is 6.65. The van der Waals surface area contributed by atoms with Crippen LogP contribution in [0.15, 0.2) is 18.2 Å². The lowest BCUT2D eigenvalue weighted by atomic mass is 9.49. The summed E-state index contributed by atoms with van der Waals surface area (Å²) in [5.41, 5.74) is -0.194. The Balaban J connectivity index is 1.39. The van der Waals surface area contributed by atoms with Crippen LogP contribution in [0.1, 0.15) is 38.5 Å². The molecule has 0 radical (unpaired) electrons. The maximum atomic E-state index is 12.8. The second-order valence-electron chi connectivity index (χ2n) is 8.11. The molecule has 4 atom stereocenters. The van der Waals surface area contributed by atoms with Gasteiger partial charge in [-0.25, -0.2) is 0 Å². The first-order valence-corrected chi connectivity index (χ1v) is 10.0. The van der Waals surface area contributed by atoms with Gasteiger partial charge in [0.05, 0.1) is 21.1 Å². The molecule has 4 aliphatic carbocycles. The number of carbonyl (C=O) groups excluding carboxylic acids is 2. The van der Waals surface area contributed by atoms with Gasteiger partial charge in [0.15, 0.2) is 6.61 Å². The van der Waals surface area contributed by atoms with E-state index in [-0.39, 0.29) is 17.5 Å². The summed E-state index contributed by atoms with van der Waals surface area (Å²) in [6.45, 7) is -0.354. The summed E-state index contributed by atoms with van der Waals surface area (Å²) < 4.78 is 5.39. The smallest absolute Gasteiger partial charge is 0.312 e. The van der Waals surface area contributed by atoms with Crippen molar-refractivity contribution in [2.24, 2.45) is 17.3 Å². The number of para-hydroxylation sites is 1. The van der Waals surface area contributed by atoms with Gasteiger partial charge in [0.1, 0.15) is 0 Å². The molecule has 4 fully saturated rings. The maximum Gasteiger partial charge on any atom is 0.312 e. The van der Waals surface area contributed by atoms with E-state index in [9.17, 15) is 9.59 Å². The average Bonchev–Trinajstić information content (AvgIpc) is 2.54. The minimum atomic E-state index is -0.520. The highest BCUT2D eigenvalue weighted by molar-refractivity contribution is 6.39. The van der Waals surface area contributed by atoms with Crippen LogP contribution in [0.3, 0.4) is 0 Å². The molecule has 4 saturated carbocycles. The predicted molar refractivity (Wildman–Crippen MR) is 102 cm³/mol. The van der Waals surface area contributed by atoms with Crippen molar-refractivity contribution >= 4 is 52.4 Å². The summed E-state index contributed by atoms with van der Waals surface area (Å²) in [6.07, 6.45) is 5.46. The third-order valence-electron chi connectivity index (χ3n) is 5.98. The molecule has 5 rings (SSSR count). The molecule has 1 amide bonds. The van der Waals surface area contributed by atoms with Crippen molar-refractivity contribution in [3.05, 3.63) is 28.2 Å². The first-order valence-electron chi connectivity index (χ1n) is 8.89. The van der Waals surface area contributed by atoms with Crippen LogP contribution in [0.25, 0.3) is 0 Å². The average molecular weight is 417 g/mol. The van der Waals surface area contributed by atoms with E-state index in [0.29, 0.717) is 34.0 Å². The number of rotatable bonds is 4. The lowest BCUT2D eigenvalue weighted by Gasteiger charge is -2.58. The Hall–Kier alpha value is -0.970. The van der Waals surface area contributed by atoms with Crippen molar-refractivity contribution in [3.8, 4) is 0 Å². The molecule has 1 aromatic carbocycles. The van der Waals surface area contributed by atoms with Gasteiger partial charge < -0.3 is 10.1 Å². The van der Waals surface area contributed by atoms with Crippen LogP contribution in [-0.4, -0.2) is 23.4 Å². The third-order valence-corrected chi connectivity index (χ3v) is 7.06. The van der Waals surface area contributed by atoms with Gasteiger partial charge in [0.2, 0.25) is 0 Å². The molecule has 26 heavy (non-hydrogen) atoms. The number of benzene rings is 1. The molecule has 0 spiro atoms. The summed E-state index contributed by atoms with van der Waals surface area (Å²) in [7, 11) is 0. The number of alkyl halides is 1. The quantitative estimate of drug-likeness (QED) is 0.552. The fourth-order valence-electron chi connectivity index (χ4n) is 5.47. The molecule has 140 valence electrons. The van der Waals surface area contributed by atoms with Gasteiger partial charge in [0, 0.05) is 4.87 Å². The minimum absolute atomic E-state index is 0.267. The Morgan fingerprint density at radius 2 is 1.73 bits per heavy atom. The van der Waals surface area contributed by atoms with Crippen molar-refractivity contribution in [2.45, 2.75) is 43.4 Å². The molecule has 0 aromatic heterocycles. The van der Waals surface area contributed by atoms with E-state index in [1.54, 1.807) is 18.2 Å². The normalized spacial score (nSPS) is 34.6. The zero-order valence-electron chi connectivity index (χ0n) is 14.2. The second-order valence-corrected chi connectivity index (χ2v) is 9.73. The van der Waals surface area contributed by atoms with E-state index < -0.39 is 11.3 Å². The SMILES string of the molecule is O=C(COC(=O)C12C[C@@H]3C[C@@H](CC(Cl)(C3)C1)C2)Nc1c(Cl)cccc1Cl. The molecule has 2 unspecified atom stereocenters. The predicted octanol–water partition coefficient (Wildman–Crippen LogP) is 5.05. The van der Waals surface area contributed by atoms with E-state index in [1.807, 2.05) is 0 Å². The van der Waals surface area contributed by atoms with Crippen molar-refractivity contribution in [2.75, 3.05) is 11.9 Å². The number of esters is 1. The van der Waals surface area contributed by atoms with Gasteiger partial charge in [-0.2, -0.15) is 0 Å². The van der Waals surface area contributed by atoms with Crippen LogP contribution in [0.4, 0.5) is 5.69 Å². The zero-order chi connectivity index (χ0) is 18.5. The summed E-state index contributed by atoms with van der Waals surface area (Å²) in [5, 5.41) is 3.28. The Kier molecular flexibility index (Phi) is 4.65. The van der Waals surface area contributed by atoms with E-state index in [1.165, 1.54) is 0 Å². The van der Waals surface area contributed by atoms with Gasteiger partial charge in [-0.05, 0) is 62.5 Å². The van der Waals surface area contributed by atoms with E-state index >= 15 is 0 Å². The topological polar surface area (TPSA) is 55.4 Å². The van der Waals surface area contributed by atoms with Crippen LogP contribution < -0.4 is 5.32 Å². The number of amides is 1. The Morgan fingerprint density at radius 1 is 1.12 bits per heavy atom. The molecule has 4 aliphatic rings. The molecule has 0 aliphatic heterocycles. The lowest BCUT2D eigenvalue weighted by Crippen LogP contribution is -2.56.